The molecule has 0 saturated heterocycles. The maximum atomic E-state index is 8.66. The van der Waals surface area contributed by atoms with Crippen molar-refractivity contribution in [1.82, 2.24) is 10.1 Å². The molecule has 0 atom stereocenters. The summed E-state index contributed by atoms with van der Waals surface area (Å²) in [6.45, 7) is 2.91. The molecule has 0 amide bonds. The van der Waals surface area contributed by atoms with Gasteiger partial charge in [0.2, 0.25) is 5.82 Å². The van der Waals surface area contributed by atoms with E-state index in [2.05, 4.69) is 15.5 Å². The fourth-order valence-electron chi connectivity index (χ4n) is 1.28. The van der Waals surface area contributed by atoms with E-state index in [1.165, 1.54) is 11.3 Å². The molecule has 0 spiro atoms. The predicted molar refractivity (Wildman–Crippen MR) is 64.4 cm³/mol. The number of hydrogen-bond donors (Lipinski definition) is 2. The van der Waals surface area contributed by atoms with Gasteiger partial charge in [0.05, 0.1) is 13.2 Å². The van der Waals surface area contributed by atoms with Gasteiger partial charge in [-0.15, -0.1) is 11.3 Å². The zero-order chi connectivity index (χ0) is 12.1. The second-order valence-electron chi connectivity index (χ2n) is 3.12. The molecule has 0 fully saturated rings. The van der Waals surface area contributed by atoms with Crippen molar-refractivity contribution >= 4 is 17.4 Å². The molecule has 2 aromatic rings. The highest BCUT2D eigenvalue weighted by molar-refractivity contribution is 7.13. The van der Waals surface area contributed by atoms with E-state index in [0.717, 1.165) is 10.6 Å². The zero-order valence-electron chi connectivity index (χ0n) is 9.34. The van der Waals surface area contributed by atoms with Gasteiger partial charge in [0.15, 0.2) is 0 Å². The summed E-state index contributed by atoms with van der Waals surface area (Å²) in [4.78, 5) is 5.00. The Hall–Kier alpha value is -1.60. The number of ether oxygens (including phenoxy) is 1. The monoisotopic (exact) mass is 255 g/mol. The molecule has 0 aliphatic heterocycles. The third-order valence-corrected chi connectivity index (χ3v) is 2.84. The van der Waals surface area contributed by atoms with Crippen LogP contribution in [0.15, 0.2) is 16.0 Å². The molecule has 0 bridgehead atoms. The van der Waals surface area contributed by atoms with Gasteiger partial charge in [-0.05, 0) is 18.4 Å². The average Bonchev–Trinajstić information content (AvgIpc) is 2.95. The maximum absolute atomic E-state index is 8.66. The number of hydrogen-bond acceptors (Lipinski definition) is 7. The van der Waals surface area contributed by atoms with E-state index in [0.29, 0.717) is 25.0 Å². The Morgan fingerprint density at radius 1 is 1.59 bits per heavy atom. The Bertz CT molecular complexity index is 469. The largest absolute Gasteiger partial charge is 0.492 e. The molecule has 7 heteroatoms. The molecule has 2 rings (SSSR count). The minimum absolute atomic E-state index is 0.0148. The van der Waals surface area contributed by atoms with Crippen LogP contribution in [0.4, 0.5) is 6.01 Å². The van der Waals surface area contributed by atoms with Gasteiger partial charge >= 0.3 is 6.01 Å². The van der Waals surface area contributed by atoms with Crippen molar-refractivity contribution in [3.8, 4) is 16.5 Å². The van der Waals surface area contributed by atoms with Gasteiger partial charge in [-0.2, -0.15) is 4.98 Å². The van der Waals surface area contributed by atoms with E-state index < -0.39 is 0 Å². The number of aliphatic hydroxyl groups is 1. The first-order chi connectivity index (χ1) is 8.35. The highest BCUT2D eigenvalue weighted by Crippen LogP contribution is 2.34. The maximum Gasteiger partial charge on any atom is 0.321 e. The molecule has 0 aliphatic carbocycles. The molecule has 0 unspecified atom stereocenters. The third kappa shape index (κ3) is 2.75. The highest BCUT2D eigenvalue weighted by atomic mass is 32.1. The number of aromatic nitrogens is 2. The summed E-state index contributed by atoms with van der Waals surface area (Å²) in [5.74, 6) is 1.25. The van der Waals surface area contributed by atoms with Gasteiger partial charge in [-0.3, -0.25) is 0 Å². The Balaban J connectivity index is 2.15. The lowest BCUT2D eigenvalue weighted by molar-refractivity contribution is 0.308. The Morgan fingerprint density at radius 2 is 2.47 bits per heavy atom. The van der Waals surface area contributed by atoms with Crippen LogP contribution in [0.1, 0.15) is 6.92 Å². The van der Waals surface area contributed by atoms with E-state index >= 15 is 0 Å². The first-order valence-corrected chi connectivity index (χ1v) is 6.12. The van der Waals surface area contributed by atoms with Crippen LogP contribution in [0.2, 0.25) is 0 Å². The summed E-state index contributed by atoms with van der Waals surface area (Å²) in [5, 5.41) is 17.2. The van der Waals surface area contributed by atoms with Crippen LogP contribution >= 0.6 is 11.3 Å². The molecule has 0 aromatic carbocycles. The van der Waals surface area contributed by atoms with E-state index in [4.69, 9.17) is 14.4 Å². The lowest BCUT2D eigenvalue weighted by atomic mass is 10.4. The fraction of sp³-hybridized carbons (Fsp3) is 0.400. The normalized spacial score (nSPS) is 10.5. The average molecular weight is 255 g/mol. The zero-order valence-corrected chi connectivity index (χ0v) is 10.2. The molecule has 0 aliphatic rings. The minimum atomic E-state index is 0.0148. The fourth-order valence-corrected chi connectivity index (χ4v) is 2.04. The molecule has 17 heavy (non-hydrogen) atoms. The minimum Gasteiger partial charge on any atom is -0.492 e. The highest BCUT2D eigenvalue weighted by Gasteiger charge is 2.14. The van der Waals surface area contributed by atoms with Crippen molar-refractivity contribution in [2.45, 2.75) is 6.92 Å². The van der Waals surface area contributed by atoms with Crippen molar-refractivity contribution in [2.75, 3.05) is 25.1 Å². The van der Waals surface area contributed by atoms with Gasteiger partial charge in [-0.1, -0.05) is 5.16 Å². The van der Waals surface area contributed by atoms with Crippen LogP contribution in [0, 0.1) is 0 Å². The second-order valence-corrected chi connectivity index (χ2v) is 4.04. The van der Waals surface area contributed by atoms with Gasteiger partial charge < -0.3 is 19.7 Å². The molecule has 2 aromatic heterocycles. The number of nitrogens with zero attached hydrogens (tertiary/aromatic N) is 2. The Labute approximate surface area is 102 Å². The Kier molecular flexibility index (Phi) is 3.94. The molecular weight excluding hydrogens is 242 g/mol. The van der Waals surface area contributed by atoms with Crippen LogP contribution in [0.3, 0.4) is 0 Å². The standard InChI is InChI=1S/C10H13N3O3S/c1-2-15-7-3-6-17-8(7)9-12-10(16-13-9)11-4-5-14/h3,6,14H,2,4-5H2,1H3,(H,11,12,13). The summed E-state index contributed by atoms with van der Waals surface area (Å²) in [5.41, 5.74) is 0. The van der Waals surface area contributed by atoms with Crippen LogP contribution < -0.4 is 10.1 Å². The number of nitrogens with one attached hydrogen (secondary N) is 1. The van der Waals surface area contributed by atoms with Crippen molar-refractivity contribution in [3.05, 3.63) is 11.4 Å². The van der Waals surface area contributed by atoms with Gasteiger partial charge in [0, 0.05) is 6.54 Å². The molecule has 6 nitrogen and oxygen atoms in total. The molecule has 0 radical (unpaired) electrons. The van der Waals surface area contributed by atoms with Gasteiger partial charge in [0.1, 0.15) is 10.6 Å². The number of thiophene rings is 1. The summed E-state index contributed by atoms with van der Waals surface area (Å²) in [6.07, 6.45) is 0. The summed E-state index contributed by atoms with van der Waals surface area (Å²) in [7, 11) is 0. The van der Waals surface area contributed by atoms with E-state index in [-0.39, 0.29) is 6.61 Å². The van der Waals surface area contributed by atoms with Crippen LogP contribution in [0.5, 0.6) is 5.75 Å². The molecule has 2 N–H and O–H groups in total. The third-order valence-electron chi connectivity index (χ3n) is 1.95. The molecular formula is C10H13N3O3S. The smallest absolute Gasteiger partial charge is 0.321 e. The quantitative estimate of drug-likeness (QED) is 0.816. The van der Waals surface area contributed by atoms with Crippen LogP contribution in [0.25, 0.3) is 10.7 Å². The van der Waals surface area contributed by atoms with Crippen LogP contribution in [-0.2, 0) is 0 Å². The van der Waals surface area contributed by atoms with Gasteiger partial charge in [0.25, 0.3) is 0 Å². The topological polar surface area (TPSA) is 80.4 Å². The van der Waals surface area contributed by atoms with Crippen molar-refractivity contribution < 1.29 is 14.4 Å². The van der Waals surface area contributed by atoms with E-state index in [9.17, 15) is 0 Å². The van der Waals surface area contributed by atoms with E-state index in [1.807, 2.05) is 18.4 Å². The predicted octanol–water partition coefficient (Wildman–Crippen LogP) is 1.60. The van der Waals surface area contributed by atoms with Crippen LogP contribution in [-0.4, -0.2) is 35.0 Å². The summed E-state index contributed by atoms with van der Waals surface area (Å²) >= 11 is 1.49. The lowest BCUT2D eigenvalue weighted by Gasteiger charge is -2.00. The Morgan fingerprint density at radius 3 is 3.24 bits per heavy atom. The molecule has 0 saturated carbocycles. The van der Waals surface area contributed by atoms with Gasteiger partial charge in [-0.25, -0.2) is 0 Å². The number of anilines is 1. The first-order valence-electron chi connectivity index (χ1n) is 5.24. The molecule has 2 heterocycles. The van der Waals surface area contributed by atoms with Crippen molar-refractivity contribution in [3.63, 3.8) is 0 Å². The number of rotatable bonds is 6. The summed E-state index contributed by atoms with van der Waals surface area (Å²) in [6, 6.07) is 2.17. The second kappa shape index (κ2) is 5.65. The van der Waals surface area contributed by atoms with Crippen molar-refractivity contribution in [2.24, 2.45) is 0 Å². The van der Waals surface area contributed by atoms with E-state index in [1.54, 1.807) is 0 Å². The SMILES string of the molecule is CCOc1ccsc1-c1noc(NCCO)n1. The molecule has 92 valence electrons. The van der Waals surface area contributed by atoms with Crippen molar-refractivity contribution in [1.29, 1.82) is 0 Å². The lowest BCUT2D eigenvalue weighted by Crippen LogP contribution is -2.05. The summed E-state index contributed by atoms with van der Waals surface area (Å²) < 4.78 is 10.4. The first kappa shape index (κ1) is 11.9. The number of aliphatic hydroxyl groups excluding tert-OH is 1.